The maximum atomic E-state index is 12.1. The van der Waals surface area contributed by atoms with Crippen molar-refractivity contribution in [2.75, 3.05) is 0 Å². The molecule has 0 saturated carbocycles. The molecule has 1 aromatic heterocycles. The smallest absolute Gasteiger partial charge is 0.164 e. The van der Waals surface area contributed by atoms with Crippen molar-refractivity contribution in [1.29, 1.82) is 0 Å². The van der Waals surface area contributed by atoms with Crippen molar-refractivity contribution in [3.63, 3.8) is 0 Å². The molecule has 0 aliphatic heterocycles. The van der Waals surface area contributed by atoms with Crippen LogP contribution in [0.25, 0.3) is 0 Å². The predicted molar refractivity (Wildman–Crippen MR) is 75.8 cm³/mol. The van der Waals surface area contributed by atoms with Crippen molar-refractivity contribution < 1.29 is 4.79 Å². The highest BCUT2D eigenvalue weighted by Crippen LogP contribution is 2.20. The van der Waals surface area contributed by atoms with Gasteiger partial charge in [-0.25, -0.2) is 0 Å². The standard InChI is InChI=1S/C14H13BrOS/c1-10-2-4-13(15)12(8-10)14(16)5-3-11-6-7-17-9-11/h2,4,6-9H,3,5H2,1H3. The molecule has 0 aliphatic rings. The predicted octanol–water partition coefficient (Wildman–Crippen LogP) is 4.63. The molecule has 0 atom stereocenters. The molecular weight excluding hydrogens is 296 g/mol. The van der Waals surface area contributed by atoms with Crippen molar-refractivity contribution >= 4 is 33.0 Å². The van der Waals surface area contributed by atoms with E-state index < -0.39 is 0 Å². The number of benzene rings is 1. The SMILES string of the molecule is Cc1ccc(Br)c(C(=O)CCc2ccsc2)c1. The van der Waals surface area contributed by atoms with Crippen molar-refractivity contribution in [1.82, 2.24) is 0 Å². The van der Waals surface area contributed by atoms with Gasteiger partial charge in [0.05, 0.1) is 0 Å². The Labute approximate surface area is 114 Å². The molecule has 0 N–H and O–H groups in total. The maximum Gasteiger partial charge on any atom is 0.164 e. The first kappa shape index (κ1) is 12.5. The van der Waals surface area contributed by atoms with Crippen LogP contribution in [-0.2, 0) is 6.42 Å². The molecule has 0 unspecified atom stereocenters. The number of thiophene rings is 1. The van der Waals surface area contributed by atoms with E-state index in [9.17, 15) is 4.79 Å². The third kappa shape index (κ3) is 3.27. The van der Waals surface area contributed by atoms with E-state index in [1.807, 2.05) is 30.5 Å². The van der Waals surface area contributed by atoms with Crippen molar-refractivity contribution in [2.24, 2.45) is 0 Å². The molecule has 1 heterocycles. The molecule has 0 amide bonds. The van der Waals surface area contributed by atoms with Crippen LogP contribution in [-0.4, -0.2) is 5.78 Å². The van der Waals surface area contributed by atoms with Crippen LogP contribution in [0.5, 0.6) is 0 Å². The van der Waals surface area contributed by atoms with Gasteiger partial charge in [-0.1, -0.05) is 27.6 Å². The Balaban J connectivity index is 2.07. The van der Waals surface area contributed by atoms with Gasteiger partial charge in [-0.3, -0.25) is 4.79 Å². The van der Waals surface area contributed by atoms with Gasteiger partial charge in [0.2, 0.25) is 0 Å². The molecule has 2 aromatic rings. The van der Waals surface area contributed by atoms with E-state index in [0.717, 1.165) is 22.0 Å². The average Bonchev–Trinajstić information content (AvgIpc) is 2.82. The molecule has 88 valence electrons. The van der Waals surface area contributed by atoms with Gasteiger partial charge in [0.15, 0.2) is 5.78 Å². The van der Waals surface area contributed by atoms with Crippen LogP contribution >= 0.6 is 27.3 Å². The fourth-order valence-electron chi connectivity index (χ4n) is 1.68. The number of carbonyl (C=O) groups is 1. The van der Waals surface area contributed by atoms with Gasteiger partial charge in [-0.15, -0.1) is 0 Å². The molecule has 0 spiro atoms. The first-order valence-corrected chi connectivity index (χ1v) is 7.21. The van der Waals surface area contributed by atoms with E-state index in [-0.39, 0.29) is 5.78 Å². The Bertz CT molecular complexity index is 517. The Hall–Kier alpha value is -0.930. The summed E-state index contributed by atoms with van der Waals surface area (Å²) in [6.07, 6.45) is 1.39. The molecule has 1 nitrogen and oxygen atoms in total. The van der Waals surface area contributed by atoms with E-state index in [4.69, 9.17) is 0 Å². The molecular formula is C14H13BrOS. The number of aryl methyl sites for hydroxylation is 2. The first-order chi connectivity index (χ1) is 8.16. The van der Waals surface area contributed by atoms with Crippen LogP contribution in [0.3, 0.4) is 0 Å². The molecule has 2 rings (SSSR count). The molecule has 1 aromatic carbocycles. The van der Waals surface area contributed by atoms with Gasteiger partial charge in [-0.05, 0) is 47.9 Å². The first-order valence-electron chi connectivity index (χ1n) is 5.47. The topological polar surface area (TPSA) is 17.1 Å². The fourth-order valence-corrected chi connectivity index (χ4v) is 2.85. The second kappa shape index (κ2) is 5.61. The zero-order valence-corrected chi connectivity index (χ0v) is 12.0. The minimum absolute atomic E-state index is 0.201. The van der Waals surface area contributed by atoms with Gasteiger partial charge in [-0.2, -0.15) is 11.3 Å². The number of Topliss-reactive ketones (excluding diaryl/α,β-unsaturated/α-hetero) is 1. The minimum Gasteiger partial charge on any atom is -0.294 e. The summed E-state index contributed by atoms with van der Waals surface area (Å²) in [6.45, 7) is 2.00. The van der Waals surface area contributed by atoms with E-state index in [2.05, 4.69) is 27.4 Å². The van der Waals surface area contributed by atoms with Crippen LogP contribution < -0.4 is 0 Å². The van der Waals surface area contributed by atoms with Crippen molar-refractivity contribution in [3.8, 4) is 0 Å². The molecule has 0 fully saturated rings. The minimum atomic E-state index is 0.201. The number of rotatable bonds is 4. The van der Waals surface area contributed by atoms with Crippen LogP contribution in [0, 0.1) is 6.92 Å². The highest BCUT2D eigenvalue weighted by atomic mass is 79.9. The molecule has 0 aliphatic carbocycles. The lowest BCUT2D eigenvalue weighted by molar-refractivity contribution is 0.0982. The normalized spacial score (nSPS) is 10.5. The molecule has 0 bridgehead atoms. The van der Waals surface area contributed by atoms with E-state index in [1.165, 1.54) is 5.56 Å². The largest absolute Gasteiger partial charge is 0.294 e. The number of carbonyl (C=O) groups excluding carboxylic acids is 1. The summed E-state index contributed by atoms with van der Waals surface area (Å²) < 4.78 is 0.887. The van der Waals surface area contributed by atoms with Crippen LogP contribution in [0.1, 0.15) is 27.9 Å². The molecule has 0 saturated heterocycles. The van der Waals surface area contributed by atoms with Gasteiger partial charge < -0.3 is 0 Å². The summed E-state index contributed by atoms with van der Waals surface area (Å²) >= 11 is 5.10. The van der Waals surface area contributed by atoms with E-state index in [0.29, 0.717) is 6.42 Å². The van der Waals surface area contributed by atoms with Crippen LogP contribution in [0.4, 0.5) is 0 Å². The Morgan fingerprint density at radius 1 is 1.35 bits per heavy atom. The zero-order chi connectivity index (χ0) is 12.3. The summed E-state index contributed by atoms with van der Waals surface area (Å²) in [6, 6.07) is 7.95. The molecule has 0 radical (unpaired) electrons. The molecule has 17 heavy (non-hydrogen) atoms. The summed E-state index contributed by atoms with van der Waals surface area (Å²) in [5.74, 6) is 0.201. The molecule has 3 heteroatoms. The Morgan fingerprint density at radius 3 is 2.88 bits per heavy atom. The lowest BCUT2D eigenvalue weighted by atomic mass is 10.0. The second-order valence-electron chi connectivity index (χ2n) is 4.04. The highest BCUT2D eigenvalue weighted by Gasteiger charge is 2.10. The van der Waals surface area contributed by atoms with Gasteiger partial charge in [0, 0.05) is 16.5 Å². The van der Waals surface area contributed by atoms with Crippen molar-refractivity contribution in [2.45, 2.75) is 19.8 Å². The van der Waals surface area contributed by atoms with Gasteiger partial charge in [0.1, 0.15) is 0 Å². The highest BCUT2D eigenvalue weighted by molar-refractivity contribution is 9.10. The number of ketones is 1. The summed E-state index contributed by atoms with van der Waals surface area (Å²) in [5, 5.41) is 4.14. The van der Waals surface area contributed by atoms with E-state index >= 15 is 0 Å². The average molecular weight is 309 g/mol. The zero-order valence-electron chi connectivity index (χ0n) is 9.57. The Kier molecular flexibility index (Phi) is 4.13. The summed E-state index contributed by atoms with van der Waals surface area (Å²) in [4.78, 5) is 12.1. The quantitative estimate of drug-likeness (QED) is 0.752. The summed E-state index contributed by atoms with van der Waals surface area (Å²) in [7, 11) is 0. The number of hydrogen-bond donors (Lipinski definition) is 0. The van der Waals surface area contributed by atoms with E-state index in [1.54, 1.807) is 11.3 Å². The number of halogens is 1. The van der Waals surface area contributed by atoms with Gasteiger partial charge >= 0.3 is 0 Å². The Morgan fingerprint density at radius 2 is 2.18 bits per heavy atom. The van der Waals surface area contributed by atoms with Crippen LogP contribution in [0.15, 0.2) is 39.5 Å². The monoisotopic (exact) mass is 308 g/mol. The van der Waals surface area contributed by atoms with Crippen molar-refractivity contribution in [3.05, 3.63) is 56.2 Å². The lowest BCUT2D eigenvalue weighted by Crippen LogP contribution is -2.02. The second-order valence-corrected chi connectivity index (χ2v) is 5.67. The third-order valence-corrected chi connectivity index (χ3v) is 4.07. The fraction of sp³-hybridized carbons (Fsp3) is 0.214. The van der Waals surface area contributed by atoms with Gasteiger partial charge in [0.25, 0.3) is 0 Å². The lowest BCUT2D eigenvalue weighted by Gasteiger charge is -2.04. The maximum absolute atomic E-state index is 12.1. The number of hydrogen-bond acceptors (Lipinski definition) is 2. The van der Waals surface area contributed by atoms with Crippen LogP contribution in [0.2, 0.25) is 0 Å². The third-order valence-electron chi connectivity index (χ3n) is 2.64. The summed E-state index contributed by atoms with van der Waals surface area (Å²) in [5.41, 5.74) is 3.15.